The lowest BCUT2D eigenvalue weighted by molar-refractivity contribution is -0.137. The largest absolute Gasteiger partial charge is 0.350 e. The van der Waals surface area contributed by atoms with Gasteiger partial charge < -0.3 is 10.2 Å². The average Bonchev–Trinajstić information content (AvgIpc) is 2.97. The first-order chi connectivity index (χ1) is 15.4. The Morgan fingerprint density at radius 1 is 1.03 bits per heavy atom. The van der Waals surface area contributed by atoms with Gasteiger partial charge in [0.1, 0.15) is 12.1 Å². The van der Waals surface area contributed by atoms with Crippen molar-refractivity contribution < 1.29 is 14.4 Å². The van der Waals surface area contributed by atoms with E-state index in [0.29, 0.717) is 19.4 Å². The predicted octanol–water partition coefficient (Wildman–Crippen LogP) is 3.13. The maximum Gasteiger partial charge on any atom is 0.327 e. The first kappa shape index (κ1) is 22.8. The summed E-state index contributed by atoms with van der Waals surface area (Å²) in [6.45, 7) is 5.77. The number of carbonyl (C=O) groups is 3. The molecule has 2 heterocycles. The molecule has 1 aromatic rings. The molecule has 0 bridgehead atoms. The fraction of sp³-hybridized carbons (Fsp3) is 0.640. The Balaban J connectivity index is 1.27. The van der Waals surface area contributed by atoms with Crippen LogP contribution in [0.25, 0.3) is 0 Å². The Labute approximate surface area is 191 Å². The number of nitrogens with zero attached hydrogens (tertiary/aromatic N) is 3. The van der Waals surface area contributed by atoms with E-state index in [9.17, 15) is 14.4 Å². The van der Waals surface area contributed by atoms with Gasteiger partial charge >= 0.3 is 6.03 Å². The zero-order valence-corrected chi connectivity index (χ0v) is 19.4. The number of amides is 4. The SMILES string of the molecule is CC1CCN(Cc2ccc(CNC(=O)CN3C(=O)N(C)C4(CCCCC4)C3=O)cc2)CC1. The number of benzene rings is 1. The van der Waals surface area contributed by atoms with Crippen LogP contribution >= 0.6 is 0 Å². The van der Waals surface area contributed by atoms with Crippen LogP contribution in [0.4, 0.5) is 4.79 Å². The Morgan fingerprint density at radius 2 is 1.66 bits per heavy atom. The highest BCUT2D eigenvalue weighted by Crippen LogP contribution is 2.39. The van der Waals surface area contributed by atoms with E-state index >= 15 is 0 Å². The molecule has 3 fully saturated rings. The van der Waals surface area contributed by atoms with Crippen LogP contribution in [-0.2, 0) is 22.7 Å². The van der Waals surface area contributed by atoms with Crippen LogP contribution in [0.1, 0.15) is 63.0 Å². The molecule has 0 unspecified atom stereocenters. The van der Waals surface area contributed by atoms with Crippen LogP contribution in [-0.4, -0.2) is 64.8 Å². The number of likely N-dealkylation sites (tertiary alicyclic amines) is 1. The molecule has 1 aliphatic carbocycles. The minimum absolute atomic E-state index is 0.212. The number of nitrogens with one attached hydrogen (secondary N) is 1. The van der Waals surface area contributed by atoms with Crippen molar-refractivity contribution >= 4 is 17.8 Å². The van der Waals surface area contributed by atoms with Gasteiger partial charge in [-0.3, -0.25) is 19.4 Å². The van der Waals surface area contributed by atoms with Gasteiger partial charge in [-0.1, -0.05) is 50.5 Å². The highest BCUT2D eigenvalue weighted by atomic mass is 16.2. The lowest BCUT2D eigenvalue weighted by Gasteiger charge is -2.35. The van der Waals surface area contributed by atoms with Crippen molar-refractivity contribution in [2.24, 2.45) is 5.92 Å². The number of hydrogen-bond acceptors (Lipinski definition) is 4. The molecular formula is C25H36N4O3. The van der Waals surface area contributed by atoms with Crippen molar-refractivity contribution in [3.8, 4) is 0 Å². The number of hydrogen-bond donors (Lipinski definition) is 1. The van der Waals surface area contributed by atoms with Crippen LogP contribution in [0.5, 0.6) is 0 Å². The fourth-order valence-electron chi connectivity index (χ4n) is 5.31. The van der Waals surface area contributed by atoms with Crippen LogP contribution in [0.3, 0.4) is 0 Å². The number of likely N-dealkylation sites (N-methyl/N-ethyl adjacent to an activating group) is 1. The smallest absolute Gasteiger partial charge is 0.327 e. The molecule has 3 aliphatic rings. The van der Waals surface area contributed by atoms with E-state index in [4.69, 9.17) is 0 Å². The van der Waals surface area contributed by atoms with Crippen LogP contribution in [0, 0.1) is 5.92 Å². The van der Waals surface area contributed by atoms with Crippen molar-refractivity contribution in [1.29, 1.82) is 0 Å². The van der Waals surface area contributed by atoms with E-state index in [0.717, 1.165) is 55.3 Å². The van der Waals surface area contributed by atoms with E-state index in [1.54, 1.807) is 11.9 Å². The summed E-state index contributed by atoms with van der Waals surface area (Å²) in [5.74, 6) is 0.313. The standard InChI is InChI=1S/C25H36N4O3/c1-19-10-14-28(15-11-19)17-21-8-6-20(7-9-21)16-26-22(30)18-29-23(31)25(27(2)24(29)32)12-4-3-5-13-25/h6-9,19H,3-5,10-18H2,1-2H3,(H,26,30). The minimum atomic E-state index is -0.738. The number of carbonyl (C=O) groups excluding carboxylic acids is 3. The zero-order valence-electron chi connectivity index (χ0n) is 19.4. The van der Waals surface area contributed by atoms with Gasteiger partial charge in [0.25, 0.3) is 5.91 Å². The molecule has 174 valence electrons. The first-order valence-corrected chi connectivity index (χ1v) is 12.1. The molecule has 4 amide bonds. The summed E-state index contributed by atoms with van der Waals surface area (Å²) in [5, 5.41) is 2.86. The summed E-state index contributed by atoms with van der Waals surface area (Å²) >= 11 is 0. The average molecular weight is 441 g/mol. The van der Waals surface area contributed by atoms with Gasteiger partial charge in [0.05, 0.1) is 0 Å². The number of piperidine rings is 1. The van der Waals surface area contributed by atoms with E-state index < -0.39 is 5.54 Å². The first-order valence-electron chi connectivity index (χ1n) is 12.1. The molecule has 32 heavy (non-hydrogen) atoms. The van der Waals surface area contributed by atoms with Gasteiger partial charge in [-0.05, 0) is 55.8 Å². The van der Waals surface area contributed by atoms with Gasteiger partial charge in [0, 0.05) is 20.1 Å². The Morgan fingerprint density at radius 3 is 2.31 bits per heavy atom. The van der Waals surface area contributed by atoms with Crippen molar-refractivity contribution in [1.82, 2.24) is 20.0 Å². The summed E-state index contributed by atoms with van der Waals surface area (Å²) in [5.41, 5.74) is 1.55. The molecule has 1 N–H and O–H groups in total. The summed E-state index contributed by atoms with van der Waals surface area (Å²) < 4.78 is 0. The van der Waals surface area contributed by atoms with Crippen molar-refractivity contribution in [3.63, 3.8) is 0 Å². The second kappa shape index (κ2) is 9.61. The topological polar surface area (TPSA) is 73.0 Å². The molecule has 2 aliphatic heterocycles. The van der Waals surface area contributed by atoms with Crippen LogP contribution < -0.4 is 5.32 Å². The summed E-state index contributed by atoms with van der Waals surface area (Å²) in [6, 6.07) is 7.96. The van der Waals surface area contributed by atoms with E-state index in [2.05, 4.69) is 29.3 Å². The fourth-order valence-corrected chi connectivity index (χ4v) is 5.31. The molecule has 1 spiro atoms. The molecule has 1 saturated carbocycles. The quantitative estimate of drug-likeness (QED) is 0.690. The monoisotopic (exact) mass is 440 g/mol. The zero-order chi connectivity index (χ0) is 22.7. The third kappa shape index (κ3) is 4.68. The second-order valence-electron chi connectivity index (χ2n) is 9.88. The van der Waals surface area contributed by atoms with Gasteiger partial charge in [-0.15, -0.1) is 0 Å². The highest BCUT2D eigenvalue weighted by Gasteiger charge is 2.55. The predicted molar refractivity (Wildman–Crippen MR) is 123 cm³/mol. The Hall–Kier alpha value is -2.41. The molecule has 0 atom stereocenters. The van der Waals surface area contributed by atoms with Gasteiger partial charge in [-0.2, -0.15) is 0 Å². The molecular weight excluding hydrogens is 404 g/mol. The van der Waals surface area contributed by atoms with Gasteiger partial charge in [0.2, 0.25) is 5.91 Å². The Kier molecular flexibility index (Phi) is 6.84. The molecule has 0 aromatic heterocycles. The van der Waals surface area contributed by atoms with E-state index in [1.165, 1.54) is 18.4 Å². The molecule has 7 nitrogen and oxygen atoms in total. The van der Waals surface area contributed by atoms with E-state index in [1.807, 2.05) is 12.1 Å². The summed E-state index contributed by atoms with van der Waals surface area (Å²) in [4.78, 5) is 43.4. The molecule has 7 heteroatoms. The van der Waals surface area contributed by atoms with Crippen molar-refractivity contribution in [3.05, 3.63) is 35.4 Å². The maximum absolute atomic E-state index is 13.0. The molecule has 2 saturated heterocycles. The second-order valence-corrected chi connectivity index (χ2v) is 9.88. The molecule has 4 rings (SSSR count). The molecule has 0 radical (unpaired) electrons. The van der Waals surface area contributed by atoms with Gasteiger partial charge in [0.15, 0.2) is 0 Å². The lowest BCUT2D eigenvalue weighted by atomic mass is 9.81. The maximum atomic E-state index is 13.0. The molecule has 1 aromatic carbocycles. The van der Waals surface area contributed by atoms with Crippen molar-refractivity contribution in [2.45, 2.75) is 70.5 Å². The Bertz CT molecular complexity index is 839. The number of rotatable bonds is 6. The number of urea groups is 1. The summed E-state index contributed by atoms with van der Waals surface area (Å²) in [6.07, 6.45) is 6.89. The minimum Gasteiger partial charge on any atom is -0.350 e. The van der Waals surface area contributed by atoms with Crippen molar-refractivity contribution in [2.75, 3.05) is 26.7 Å². The third-order valence-electron chi connectivity index (χ3n) is 7.58. The van der Waals surface area contributed by atoms with Gasteiger partial charge in [-0.25, -0.2) is 4.79 Å². The van der Waals surface area contributed by atoms with E-state index in [-0.39, 0.29) is 24.4 Å². The third-order valence-corrected chi connectivity index (χ3v) is 7.58. The van der Waals surface area contributed by atoms with Crippen LogP contribution in [0.15, 0.2) is 24.3 Å². The highest BCUT2D eigenvalue weighted by molar-refractivity contribution is 6.08. The normalized spacial score (nSPS) is 22.1. The van der Waals surface area contributed by atoms with Crippen LogP contribution in [0.2, 0.25) is 0 Å². The lowest BCUT2D eigenvalue weighted by Crippen LogP contribution is -2.49. The summed E-state index contributed by atoms with van der Waals surface area (Å²) in [7, 11) is 1.69. The number of imide groups is 1.